The number of rotatable bonds is 14. The van der Waals surface area contributed by atoms with Gasteiger partial charge in [-0.1, -0.05) is 178 Å². The van der Waals surface area contributed by atoms with E-state index < -0.39 is 28.0 Å². The minimum atomic E-state index is -3.60. The number of ether oxygens (including phenoxy) is 2. The predicted molar refractivity (Wildman–Crippen MR) is 276 cm³/mol. The molecular weight excluding hydrogens is 881 g/mol. The zero-order valence-electron chi connectivity index (χ0n) is 39.8. The summed E-state index contributed by atoms with van der Waals surface area (Å²) in [6.07, 6.45) is -0.858. The summed E-state index contributed by atoms with van der Waals surface area (Å²) in [7, 11) is -3.60. The summed E-state index contributed by atoms with van der Waals surface area (Å²) in [6, 6.07) is 61.2. The van der Waals surface area contributed by atoms with Gasteiger partial charge >= 0.3 is 6.03 Å². The Labute approximate surface area is 407 Å². The highest BCUT2D eigenvalue weighted by molar-refractivity contribution is 7.91. The van der Waals surface area contributed by atoms with Crippen LogP contribution in [-0.2, 0) is 37.2 Å². The van der Waals surface area contributed by atoms with Gasteiger partial charge in [-0.15, -0.1) is 0 Å². The molecule has 3 atom stereocenters. The lowest BCUT2D eigenvalue weighted by atomic mass is 10.0. The van der Waals surface area contributed by atoms with Crippen molar-refractivity contribution in [3.8, 4) is 0 Å². The van der Waals surface area contributed by atoms with Gasteiger partial charge in [-0.05, 0) is 90.6 Å². The molecule has 0 saturated carbocycles. The number of urea groups is 1. The first-order chi connectivity index (χ1) is 33.6. The molecule has 11 heteroatoms. The van der Waals surface area contributed by atoms with E-state index in [0.29, 0.717) is 18.3 Å². The standard InChI is InChI=1S/C32H30N2O4S.C24H24N2O2.C2H6/c1-24-13-11-12-18-27(24)23-34(21-22-39(36,37)28-19-9-4-10-20-28)32(35)29-30(25-14-5-2-6-15-25)38-31(33-29)26-16-7-3-8-17-26;1-18-11-9-10-16-22(18)17-25-24(27)26-23(21-14-7-4-8-15-21)28-19(2)20-12-5-3-6-13-20;1-2/h2-20,29-30H,21-23H2,1H3;3-16,19H,17H2,1-2H3,(H,25,27);1-2H3/b;26-23-;. The molecule has 0 radical (unpaired) electrons. The Balaban J connectivity index is 0.000000230. The molecule has 7 aromatic rings. The van der Waals surface area contributed by atoms with Crippen molar-refractivity contribution in [1.29, 1.82) is 0 Å². The van der Waals surface area contributed by atoms with Crippen molar-refractivity contribution in [3.05, 3.63) is 245 Å². The average Bonchev–Trinajstić information content (AvgIpc) is 3.85. The van der Waals surface area contributed by atoms with Gasteiger partial charge < -0.3 is 19.7 Å². The lowest BCUT2D eigenvalue weighted by Gasteiger charge is -2.27. The molecule has 3 unspecified atom stereocenters. The molecule has 0 fully saturated rings. The van der Waals surface area contributed by atoms with Gasteiger partial charge in [-0.3, -0.25) is 4.79 Å². The summed E-state index contributed by atoms with van der Waals surface area (Å²) in [4.78, 5) is 37.5. The lowest BCUT2D eigenvalue weighted by molar-refractivity contribution is -0.134. The first-order valence-electron chi connectivity index (χ1n) is 23.2. The van der Waals surface area contributed by atoms with Crippen LogP contribution in [0.25, 0.3) is 0 Å². The minimum absolute atomic E-state index is 0.0264. The van der Waals surface area contributed by atoms with Gasteiger partial charge in [-0.25, -0.2) is 18.2 Å². The van der Waals surface area contributed by atoms with Crippen LogP contribution in [0.3, 0.4) is 0 Å². The van der Waals surface area contributed by atoms with Crippen LogP contribution < -0.4 is 5.32 Å². The van der Waals surface area contributed by atoms with Crippen LogP contribution in [-0.4, -0.2) is 55.4 Å². The number of aryl methyl sites for hydroxylation is 2. The van der Waals surface area contributed by atoms with E-state index in [1.807, 2.05) is 204 Å². The number of carbonyl (C=O) groups excluding carboxylic acids is 2. The second kappa shape index (κ2) is 25.5. The molecule has 0 spiro atoms. The van der Waals surface area contributed by atoms with Gasteiger partial charge in [0.15, 0.2) is 22.0 Å². The maximum atomic E-state index is 14.2. The van der Waals surface area contributed by atoms with Crippen molar-refractivity contribution in [1.82, 2.24) is 10.2 Å². The van der Waals surface area contributed by atoms with Gasteiger partial charge in [0.2, 0.25) is 11.8 Å². The topological polar surface area (TPSA) is 127 Å². The van der Waals surface area contributed by atoms with Gasteiger partial charge in [-0.2, -0.15) is 4.99 Å². The fourth-order valence-electron chi connectivity index (χ4n) is 7.44. The number of nitrogens with zero attached hydrogens (tertiary/aromatic N) is 3. The second-order valence-corrected chi connectivity index (χ2v) is 18.2. The van der Waals surface area contributed by atoms with Crippen LogP contribution in [0.4, 0.5) is 4.79 Å². The normalized spacial score (nSPS) is 14.6. The second-order valence-electron chi connectivity index (χ2n) is 16.1. The summed E-state index contributed by atoms with van der Waals surface area (Å²) in [5.41, 5.74) is 7.56. The number of hydrogen-bond acceptors (Lipinski definition) is 7. The fraction of sp³-hybridized carbons (Fsp3) is 0.207. The molecule has 0 aromatic heterocycles. The number of sulfone groups is 1. The van der Waals surface area contributed by atoms with E-state index >= 15 is 0 Å². The van der Waals surface area contributed by atoms with Crippen molar-refractivity contribution in [2.24, 2.45) is 9.98 Å². The van der Waals surface area contributed by atoms with Crippen LogP contribution in [0, 0.1) is 13.8 Å². The molecule has 69 heavy (non-hydrogen) atoms. The van der Waals surface area contributed by atoms with Gasteiger partial charge in [0, 0.05) is 30.8 Å². The highest BCUT2D eigenvalue weighted by Gasteiger charge is 2.40. The molecule has 1 aliphatic rings. The number of carbonyl (C=O) groups is 2. The lowest BCUT2D eigenvalue weighted by Crippen LogP contribution is -2.42. The summed E-state index contributed by atoms with van der Waals surface area (Å²) >= 11 is 0. The van der Waals surface area contributed by atoms with Crippen LogP contribution in [0.15, 0.2) is 215 Å². The number of hydrogen-bond donors (Lipinski definition) is 1. The molecule has 10 nitrogen and oxygen atoms in total. The third-order valence-corrected chi connectivity index (χ3v) is 13.0. The van der Waals surface area contributed by atoms with Gasteiger partial charge in [0.1, 0.15) is 6.10 Å². The van der Waals surface area contributed by atoms with Crippen molar-refractivity contribution >= 4 is 33.6 Å². The predicted octanol–water partition coefficient (Wildman–Crippen LogP) is 11.8. The highest BCUT2D eigenvalue weighted by Crippen LogP contribution is 2.33. The first kappa shape index (κ1) is 50.8. The van der Waals surface area contributed by atoms with Crippen molar-refractivity contribution in [2.75, 3.05) is 12.3 Å². The average molecular weight is 941 g/mol. The van der Waals surface area contributed by atoms with Crippen LogP contribution >= 0.6 is 0 Å². The third-order valence-electron chi connectivity index (χ3n) is 11.3. The first-order valence-corrected chi connectivity index (χ1v) is 24.8. The molecule has 1 heterocycles. The molecule has 0 saturated heterocycles. The Kier molecular flexibility index (Phi) is 18.8. The SMILES string of the molecule is CC.Cc1ccccc1CN(CCS(=O)(=O)c1ccccc1)C(=O)C1N=C(c2ccccc2)OC1c1ccccc1.Cc1ccccc1CNC(=O)/N=C(\OC(C)c1ccccc1)c1ccccc1. The van der Waals surface area contributed by atoms with E-state index in [-0.39, 0.29) is 35.7 Å². The minimum Gasteiger partial charge on any atom is -0.469 e. The van der Waals surface area contributed by atoms with Crippen LogP contribution in [0.2, 0.25) is 0 Å². The zero-order chi connectivity index (χ0) is 49.0. The molecule has 7 aromatic carbocycles. The largest absolute Gasteiger partial charge is 0.469 e. The van der Waals surface area contributed by atoms with E-state index in [0.717, 1.165) is 44.5 Å². The molecule has 0 aliphatic carbocycles. The molecule has 3 amide bonds. The number of benzene rings is 7. The smallest absolute Gasteiger partial charge is 0.344 e. The monoisotopic (exact) mass is 940 g/mol. The Morgan fingerprint density at radius 2 is 1.19 bits per heavy atom. The molecule has 1 aliphatic heterocycles. The Morgan fingerprint density at radius 1 is 0.681 bits per heavy atom. The van der Waals surface area contributed by atoms with E-state index in [1.165, 1.54) is 0 Å². The fourth-order valence-corrected chi connectivity index (χ4v) is 8.71. The molecule has 354 valence electrons. The van der Waals surface area contributed by atoms with Crippen molar-refractivity contribution < 1.29 is 27.5 Å². The summed E-state index contributed by atoms with van der Waals surface area (Å²) < 4.78 is 38.6. The van der Waals surface area contributed by atoms with Gasteiger partial charge in [0.25, 0.3) is 5.91 Å². The Morgan fingerprint density at radius 3 is 1.78 bits per heavy atom. The zero-order valence-corrected chi connectivity index (χ0v) is 40.6. The number of aliphatic imine (C=N–C) groups is 2. The number of amides is 3. The van der Waals surface area contributed by atoms with E-state index in [2.05, 4.69) is 10.3 Å². The molecule has 1 N–H and O–H groups in total. The summed E-state index contributed by atoms with van der Waals surface area (Å²) in [6.45, 7) is 10.7. The van der Waals surface area contributed by atoms with Crippen LogP contribution in [0.1, 0.15) is 77.5 Å². The Hall–Kier alpha value is -7.63. The third kappa shape index (κ3) is 14.4. The Bertz CT molecular complexity index is 2880. The highest BCUT2D eigenvalue weighted by atomic mass is 32.2. The van der Waals surface area contributed by atoms with E-state index in [4.69, 9.17) is 14.5 Å². The maximum absolute atomic E-state index is 14.2. The van der Waals surface area contributed by atoms with Gasteiger partial charge in [0.05, 0.1) is 10.6 Å². The number of nitrogens with one attached hydrogen (secondary N) is 1. The summed E-state index contributed by atoms with van der Waals surface area (Å²) in [5, 5.41) is 2.85. The molecule has 8 rings (SSSR count). The van der Waals surface area contributed by atoms with E-state index in [9.17, 15) is 18.0 Å². The van der Waals surface area contributed by atoms with Crippen LogP contribution in [0.5, 0.6) is 0 Å². The van der Waals surface area contributed by atoms with E-state index in [1.54, 1.807) is 35.2 Å². The maximum Gasteiger partial charge on any atom is 0.344 e. The summed E-state index contributed by atoms with van der Waals surface area (Å²) in [5.74, 6) is 0.226. The van der Waals surface area contributed by atoms with Crippen molar-refractivity contribution in [3.63, 3.8) is 0 Å². The van der Waals surface area contributed by atoms with Crippen molar-refractivity contribution in [2.45, 2.75) is 70.9 Å². The molecule has 0 bridgehead atoms. The quantitative estimate of drug-likeness (QED) is 0.0854. The molecular formula is C58H60N4O6S.